The van der Waals surface area contributed by atoms with Crippen LogP contribution in [0.1, 0.15) is 15.9 Å². The van der Waals surface area contributed by atoms with Crippen LogP contribution >= 0.6 is 0 Å². The fourth-order valence-electron chi connectivity index (χ4n) is 2.72. The van der Waals surface area contributed by atoms with Crippen LogP contribution in [0.5, 0.6) is 0 Å². The molecule has 8 heteroatoms. The van der Waals surface area contributed by atoms with E-state index in [1.165, 1.54) is 16.5 Å². The van der Waals surface area contributed by atoms with Gasteiger partial charge in [-0.2, -0.15) is 0 Å². The molecule has 1 amide bonds. The van der Waals surface area contributed by atoms with Crippen LogP contribution in [0, 0.1) is 0 Å². The van der Waals surface area contributed by atoms with E-state index in [0.29, 0.717) is 23.3 Å². The number of nitrogens with zero attached hydrogens (tertiary/aromatic N) is 5. The third-order valence-electron chi connectivity index (χ3n) is 4.18. The summed E-state index contributed by atoms with van der Waals surface area (Å²) in [7, 11) is 6.44. The van der Waals surface area contributed by atoms with Gasteiger partial charge >= 0.3 is 5.69 Å². The molecular weight excluding hydrogens is 322 g/mol. The van der Waals surface area contributed by atoms with Crippen LogP contribution in [-0.4, -0.2) is 43.6 Å². The molecular formula is C17H19N5O3. The summed E-state index contributed by atoms with van der Waals surface area (Å²) >= 11 is 0. The van der Waals surface area contributed by atoms with Crippen LogP contribution in [0.2, 0.25) is 0 Å². The summed E-state index contributed by atoms with van der Waals surface area (Å²) in [6.07, 6.45) is 1.55. The fourth-order valence-corrected chi connectivity index (χ4v) is 2.72. The highest BCUT2D eigenvalue weighted by Gasteiger charge is 2.14. The average molecular weight is 341 g/mol. The average Bonchev–Trinajstić information content (AvgIpc) is 3.01. The standard InChI is InChI=1S/C17H19N5O3/c1-19(2)15(23)12-7-5-11(6-8-12)9-22-10-18-14-13(22)16(24)21(4)17(25)20(14)3/h5-8,10H,9H2,1-4H3. The van der Waals surface area contributed by atoms with Gasteiger partial charge in [0.1, 0.15) is 0 Å². The Bertz CT molecular complexity index is 1070. The highest BCUT2D eigenvalue weighted by Crippen LogP contribution is 2.11. The Labute approximate surface area is 143 Å². The number of hydrogen-bond acceptors (Lipinski definition) is 4. The summed E-state index contributed by atoms with van der Waals surface area (Å²) < 4.78 is 4.13. The van der Waals surface area contributed by atoms with E-state index in [-0.39, 0.29) is 11.5 Å². The predicted octanol–water partition coefficient (Wildman–Crippen LogP) is 0.184. The zero-order chi connectivity index (χ0) is 18.3. The molecule has 3 rings (SSSR count). The molecule has 0 aliphatic carbocycles. The molecule has 0 saturated carbocycles. The van der Waals surface area contributed by atoms with E-state index in [9.17, 15) is 14.4 Å². The maximum absolute atomic E-state index is 12.4. The highest BCUT2D eigenvalue weighted by molar-refractivity contribution is 5.93. The first kappa shape index (κ1) is 16.7. The molecule has 130 valence electrons. The Morgan fingerprint density at radius 2 is 1.72 bits per heavy atom. The molecule has 0 aliphatic rings. The zero-order valence-corrected chi connectivity index (χ0v) is 14.6. The SMILES string of the molecule is CN(C)C(=O)c1ccc(Cn2cnc3c2c(=O)n(C)c(=O)n3C)cc1. The molecule has 0 spiro atoms. The number of hydrogen-bond donors (Lipinski definition) is 0. The Kier molecular flexibility index (Phi) is 4.03. The van der Waals surface area contributed by atoms with E-state index in [1.54, 1.807) is 44.2 Å². The molecule has 0 aliphatic heterocycles. The molecule has 0 N–H and O–H groups in total. The summed E-state index contributed by atoms with van der Waals surface area (Å²) in [5.41, 5.74) is 1.46. The maximum Gasteiger partial charge on any atom is 0.332 e. The van der Waals surface area contributed by atoms with Crippen LogP contribution in [0.4, 0.5) is 0 Å². The lowest BCUT2D eigenvalue weighted by atomic mass is 10.1. The summed E-state index contributed by atoms with van der Waals surface area (Å²) in [6, 6.07) is 7.19. The van der Waals surface area contributed by atoms with Crippen molar-refractivity contribution in [2.45, 2.75) is 6.54 Å². The largest absolute Gasteiger partial charge is 0.345 e. The Balaban J connectivity index is 2.01. The van der Waals surface area contributed by atoms with Crippen LogP contribution in [-0.2, 0) is 20.6 Å². The molecule has 8 nitrogen and oxygen atoms in total. The number of imidazole rings is 1. The third-order valence-corrected chi connectivity index (χ3v) is 4.18. The van der Waals surface area contributed by atoms with Crippen molar-refractivity contribution < 1.29 is 4.79 Å². The molecule has 25 heavy (non-hydrogen) atoms. The lowest BCUT2D eigenvalue weighted by Crippen LogP contribution is -2.37. The molecule has 0 fully saturated rings. The minimum absolute atomic E-state index is 0.0662. The Morgan fingerprint density at radius 1 is 1.08 bits per heavy atom. The topological polar surface area (TPSA) is 82.1 Å². The molecule has 0 saturated heterocycles. The smallest absolute Gasteiger partial charge is 0.332 e. The zero-order valence-electron chi connectivity index (χ0n) is 14.6. The second kappa shape index (κ2) is 6.04. The van der Waals surface area contributed by atoms with E-state index in [4.69, 9.17) is 0 Å². The van der Waals surface area contributed by atoms with Crippen LogP contribution < -0.4 is 11.2 Å². The van der Waals surface area contributed by atoms with Gasteiger partial charge in [-0.1, -0.05) is 12.1 Å². The third kappa shape index (κ3) is 2.75. The van der Waals surface area contributed by atoms with Gasteiger partial charge in [-0.3, -0.25) is 18.7 Å². The minimum atomic E-state index is -0.408. The van der Waals surface area contributed by atoms with Crippen LogP contribution in [0.15, 0.2) is 40.2 Å². The van der Waals surface area contributed by atoms with Crippen molar-refractivity contribution in [3.63, 3.8) is 0 Å². The Morgan fingerprint density at radius 3 is 2.32 bits per heavy atom. The summed E-state index contributed by atoms with van der Waals surface area (Å²) in [4.78, 5) is 42.0. The molecule has 3 aromatic rings. The van der Waals surface area contributed by atoms with Crippen molar-refractivity contribution in [3.05, 3.63) is 62.6 Å². The van der Waals surface area contributed by atoms with Crippen molar-refractivity contribution in [1.82, 2.24) is 23.6 Å². The first-order chi connectivity index (χ1) is 11.8. The lowest BCUT2D eigenvalue weighted by molar-refractivity contribution is 0.0827. The van der Waals surface area contributed by atoms with E-state index >= 15 is 0 Å². The summed E-state index contributed by atoms with van der Waals surface area (Å²) in [5, 5.41) is 0. The molecule has 0 bridgehead atoms. The van der Waals surface area contributed by atoms with E-state index < -0.39 is 5.69 Å². The molecule has 0 radical (unpaired) electrons. The van der Waals surface area contributed by atoms with Gasteiger partial charge in [0, 0.05) is 40.3 Å². The second-order valence-corrected chi connectivity index (χ2v) is 6.15. The van der Waals surface area contributed by atoms with Gasteiger partial charge in [-0.15, -0.1) is 0 Å². The van der Waals surface area contributed by atoms with Gasteiger partial charge in [0.05, 0.1) is 6.33 Å². The monoisotopic (exact) mass is 341 g/mol. The molecule has 2 aromatic heterocycles. The van der Waals surface area contributed by atoms with Gasteiger partial charge < -0.3 is 9.47 Å². The number of rotatable bonds is 3. The second-order valence-electron chi connectivity index (χ2n) is 6.15. The van der Waals surface area contributed by atoms with Crippen molar-refractivity contribution in [2.75, 3.05) is 14.1 Å². The summed E-state index contributed by atoms with van der Waals surface area (Å²) in [5.74, 6) is -0.0662. The molecule has 0 atom stereocenters. The van der Waals surface area contributed by atoms with Gasteiger partial charge in [0.15, 0.2) is 11.2 Å². The van der Waals surface area contributed by atoms with E-state index in [2.05, 4.69) is 4.98 Å². The van der Waals surface area contributed by atoms with Crippen LogP contribution in [0.3, 0.4) is 0 Å². The van der Waals surface area contributed by atoms with Gasteiger partial charge in [0.2, 0.25) is 0 Å². The number of amides is 1. The van der Waals surface area contributed by atoms with Crippen LogP contribution in [0.25, 0.3) is 11.2 Å². The highest BCUT2D eigenvalue weighted by atomic mass is 16.2. The quantitative estimate of drug-likeness (QED) is 0.681. The fraction of sp³-hybridized carbons (Fsp3) is 0.294. The number of aromatic nitrogens is 4. The number of fused-ring (bicyclic) bond motifs is 1. The van der Waals surface area contributed by atoms with Crippen molar-refractivity contribution in [3.8, 4) is 0 Å². The van der Waals surface area contributed by atoms with Gasteiger partial charge in [-0.05, 0) is 17.7 Å². The predicted molar refractivity (Wildman–Crippen MR) is 93.8 cm³/mol. The molecule has 0 unspecified atom stereocenters. The lowest BCUT2D eigenvalue weighted by Gasteiger charge is -2.11. The minimum Gasteiger partial charge on any atom is -0.345 e. The van der Waals surface area contributed by atoms with Gasteiger partial charge in [-0.25, -0.2) is 9.78 Å². The Hall–Kier alpha value is -3.16. The molecule has 2 heterocycles. The number of carbonyl (C=O) groups excluding carboxylic acids is 1. The number of benzene rings is 1. The van der Waals surface area contributed by atoms with E-state index in [0.717, 1.165) is 10.1 Å². The van der Waals surface area contributed by atoms with Crippen molar-refractivity contribution in [2.24, 2.45) is 14.1 Å². The number of carbonyl (C=O) groups is 1. The first-order valence-corrected chi connectivity index (χ1v) is 7.72. The van der Waals surface area contributed by atoms with Crippen molar-refractivity contribution >= 4 is 17.1 Å². The maximum atomic E-state index is 12.4. The normalized spacial score (nSPS) is 11.0. The van der Waals surface area contributed by atoms with E-state index in [1.807, 2.05) is 12.1 Å². The van der Waals surface area contributed by atoms with Crippen molar-refractivity contribution in [1.29, 1.82) is 0 Å². The number of aryl methyl sites for hydroxylation is 1. The summed E-state index contributed by atoms with van der Waals surface area (Å²) in [6.45, 7) is 0.417. The molecule has 1 aromatic carbocycles. The first-order valence-electron chi connectivity index (χ1n) is 7.72. The van der Waals surface area contributed by atoms with Gasteiger partial charge in [0.25, 0.3) is 11.5 Å².